The van der Waals surface area contributed by atoms with Gasteiger partial charge in [-0.05, 0) is 42.0 Å². The number of ether oxygens (including phenoxy) is 1. The van der Waals surface area contributed by atoms with Crippen molar-refractivity contribution in [1.82, 2.24) is 0 Å². The Morgan fingerprint density at radius 1 is 1.09 bits per heavy atom. The lowest BCUT2D eigenvalue weighted by atomic mass is 9.81. The number of rotatable bonds is 9. The van der Waals surface area contributed by atoms with Gasteiger partial charge in [0.25, 0.3) is 10.1 Å². The Kier molecular flexibility index (Phi) is 8.56. The number of benzene rings is 2. The van der Waals surface area contributed by atoms with E-state index in [1.165, 1.54) is 12.0 Å². The smallest absolute Gasteiger partial charge is 0.326 e. The van der Waals surface area contributed by atoms with Crippen molar-refractivity contribution in [2.75, 3.05) is 36.7 Å². The second-order valence-corrected chi connectivity index (χ2v) is 9.62. The maximum Gasteiger partial charge on any atom is 0.326 e. The first-order valence-electron chi connectivity index (χ1n) is 10.1. The van der Waals surface area contributed by atoms with Gasteiger partial charge in [0.1, 0.15) is 0 Å². The minimum Gasteiger partial charge on any atom is -0.469 e. The fourth-order valence-corrected chi connectivity index (χ4v) is 3.45. The largest absolute Gasteiger partial charge is 0.469 e. The molecular weight excluding hydrogens is 446 g/mol. The summed E-state index contributed by atoms with van der Waals surface area (Å²) in [6.45, 7) is 3.57. The number of anilines is 2. The fourth-order valence-electron chi connectivity index (χ4n) is 3.07. The van der Waals surface area contributed by atoms with Crippen molar-refractivity contribution < 1.29 is 26.9 Å². The number of nitrogens with zero attached hydrogens (tertiary/aromatic N) is 2. The molecule has 33 heavy (non-hydrogen) atoms. The van der Waals surface area contributed by atoms with Gasteiger partial charge < -0.3 is 10.1 Å². The van der Waals surface area contributed by atoms with Gasteiger partial charge in [-0.25, -0.2) is 4.79 Å². The molecule has 0 aromatic heterocycles. The average Bonchev–Trinajstić information content (AvgIpc) is 2.76. The first-order chi connectivity index (χ1) is 15.4. The third kappa shape index (κ3) is 7.89. The summed E-state index contributed by atoms with van der Waals surface area (Å²) in [5.74, 6) is -0.328. The molecule has 0 saturated heterocycles. The van der Waals surface area contributed by atoms with E-state index in [2.05, 4.69) is 5.32 Å². The van der Waals surface area contributed by atoms with Crippen LogP contribution in [0.5, 0.6) is 0 Å². The fraction of sp³-hybridized carbons (Fsp3) is 0.348. The van der Waals surface area contributed by atoms with Crippen LogP contribution in [-0.4, -0.2) is 46.9 Å². The van der Waals surface area contributed by atoms with Gasteiger partial charge >= 0.3 is 12.0 Å². The number of esters is 1. The summed E-state index contributed by atoms with van der Waals surface area (Å²) < 4.78 is 32.2. The summed E-state index contributed by atoms with van der Waals surface area (Å²) in [6, 6.07) is 14.9. The Balaban J connectivity index is 2.25. The van der Waals surface area contributed by atoms with E-state index in [0.717, 1.165) is 11.8 Å². The van der Waals surface area contributed by atoms with Gasteiger partial charge in [0.15, 0.2) is 0 Å². The number of hydrogen-bond acceptors (Lipinski definition) is 7. The normalized spacial score (nSPS) is 11.4. The summed E-state index contributed by atoms with van der Waals surface area (Å²) in [4.78, 5) is 26.0. The van der Waals surface area contributed by atoms with Crippen molar-refractivity contribution in [2.24, 2.45) is 0 Å². The standard InChI is InChI=1S/C23H27N3O6S/c1-23(2,15-21(27)31-3)18-7-11-20(12-8-18)26(13-14-32-33(4,29)30)22(28)25-19-9-5-17(16-24)6-10-19/h5-12H,13-15H2,1-4H3,(H,25,28). The Morgan fingerprint density at radius 3 is 2.21 bits per heavy atom. The monoisotopic (exact) mass is 473 g/mol. The van der Waals surface area contributed by atoms with Crippen LogP contribution in [0.15, 0.2) is 48.5 Å². The highest BCUT2D eigenvalue weighted by molar-refractivity contribution is 7.85. The van der Waals surface area contributed by atoms with E-state index in [0.29, 0.717) is 16.9 Å². The van der Waals surface area contributed by atoms with Gasteiger partial charge in [0, 0.05) is 16.8 Å². The molecule has 2 amide bonds. The Hall–Kier alpha value is -3.42. The summed E-state index contributed by atoms with van der Waals surface area (Å²) in [7, 11) is -2.33. The van der Waals surface area contributed by atoms with Crippen LogP contribution in [-0.2, 0) is 29.2 Å². The van der Waals surface area contributed by atoms with E-state index < -0.39 is 21.6 Å². The second-order valence-electron chi connectivity index (χ2n) is 7.98. The van der Waals surface area contributed by atoms with Gasteiger partial charge in [0.2, 0.25) is 0 Å². The molecule has 176 valence electrons. The van der Waals surface area contributed by atoms with Crippen LogP contribution in [0, 0.1) is 11.3 Å². The Labute approximate surface area is 194 Å². The number of urea groups is 1. The molecule has 0 aliphatic heterocycles. The number of hydrogen-bond donors (Lipinski definition) is 1. The maximum absolute atomic E-state index is 13.0. The predicted molar refractivity (Wildman–Crippen MR) is 124 cm³/mol. The zero-order valence-corrected chi connectivity index (χ0v) is 19.8. The number of nitrogens with one attached hydrogen (secondary N) is 1. The predicted octanol–water partition coefficient (Wildman–Crippen LogP) is 3.41. The molecular formula is C23H27N3O6S. The van der Waals surface area contributed by atoms with Gasteiger partial charge in [-0.3, -0.25) is 13.9 Å². The highest BCUT2D eigenvalue weighted by Gasteiger charge is 2.25. The maximum atomic E-state index is 13.0. The first kappa shape index (κ1) is 25.8. The molecule has 0 unspecified atom stereocenters. The number of methoxy groups -OCH3 is 1. The Morgan fingerprint density at radius 2 is 1.70 bits per heavy atom. The minimum absolute atomic E-state index is 0.0277. The summed E-state index contributed by atoms with van der Waals surface area (Å²) in [6.07, 6.45) is 1.13. The van der Waals surface area contributed by atoms with E-state index >= 15 is 0 Å². The quantitative estimate of drug-likeness (QED) is 0.437. The SMILES string of the molecule is COC(=O)CC(C)(C)c1ccc(N(CCOS(C)(=O)=O)C(=O)Nc2ccc(C#N)cc2)cc1. The molecule has 0 atom stereocenters. The third-order valence-electron chi connectivity index (χ3n) is 4.90. The van der Waals surface area contributed by atoms with Crippen LogP contribution in [0.4, 0.5) is 16.2 Å². The molecule has 0 radical (unpaired) electrons. The van der Waals surface area contributed by atoms with E-state index in [-0.39, 0.29) is 25.5 Å². The van der Waals surface area contributed by atoms with Crippen LogP contribution >= 0.6 is 0 Å². The zero-order chi connectivity index (χ0) is 24.6. The van der Waals surface area contributed by atoms with Crippen LogP contribution in [0.25, 0.3) is 0 Å². The number of nitriles is 1. The molecule has 0 aliphatic carbocycles. The number of carbonyl (C=O) groups excluding carboxylic acids is 2. The summed E-state index contributed by atoms with van der Waals surface area (Å²) in [5.41, 5.74) is 1.83. The molecule has 10 heteroatoms. The van der Waals surface area contributed by atoms with Gasteiger partial charge in [-0.1, -0.05) is 26.0 Å². The van der Waals surface area contributed by atoms with Crippen LogP contribution < -0.4 is 10.2 Å². The van der Waals surface area contributed by atoms with Crippen LogP contribution in [0.1, 0.15) is 31.4 Å². The van der Waals surface area contributed by atoms with E-state index in [9.17, 15) is 18.0 Å². The molecule has 1 N–H and O–H groups in total. The van der Waals surface area contributed by atoms with Gasteiger partial charge in [-0.15, -0.1) is 0 Å². The molecule has 0 spiro atoms. The number of carbonyl (C=O) groups is 2. The van der Waals surface area contributed by atoms with E-state index in [1.54, 1.807) is 48.5 Å². The lowest BCUT2D eigenvalue weighted by Gasteiger charge is -2.26. The molecule has 0 heterocycles. The van der Waals surface area contributed by atoms with Crippen molar-refractivity contribution in [3.8, 4) is 6.07 Å². The molecule has 0 saturated carbocycles. The van der Waals surface area contributed by atoms with E-state index in [4.69, 9.17) is 14.2 Å². The van der Waals surface area contributed by atoms with Gasteiger partial charge in [0.05, 0.1) is 44.6 Å². The van der Waals surface area contributed by atoms with E-state index in [1.807, 2.05) is 19.9 Å². The minimum atomic E-state index is -3.67. The number of amides is 2. The molecule has 0 aliphatic rings. The molecule has 0 fully saturated rings. The zero-order valence-electron chi connectivity index (χ0n) is 19.0. The second kappa shape index (κ2) is 10.9. The molecule has 0 bridgehead atoms. The van der Waals surface area contributed by atoms with Crippen LogP contribution in [0.3, 0.4) is 0 Å². The topological polar surface area (TPSA) is 126 Å². The average molecular weight is 474 g/mol. The van der Waals surface area contributed by atoms with Gasteiger partial charge in [-0.2, -0.15) is 13.7 Å². The van der Waals surface area contributed by atoms with Crippen molar-refractivity contribution in [3.05, 3.63) is 59.7 Å². The lowest BCUT2D eigenvalue weighted by Crippen LogP contribution is -2.38. The highest BCUT2D eigenvalue weighted by Crippen LogP contribution is 2.29. The summed E-state index contributed by atoms with van der Waals surface area (Å²) in [5, 5.41) is 11.6. The molecule has 2 aromatic rings. The van der Waals surface area contributed by atoms with Crippen molar-refractivity contribution in [1.29, 1.82) is 5.26 Å². The van der Waals surface area contributed by atoms with Crippen LogP contribution in [0.2, 0.25) is 0 Å². The molecule has 2 rings (SSSR count). The van der Waals surface area contributed by atoms with Crippen molar-refractivity contribution in [3.63, 3.8) is 0 Å². The van der Waals surface area contributed by atoms with Crippen molar-refractivity contribution in [2.45, 2.75) is 25.7 Å². The Bertz CT molecular complexity index is 1120. The van der Waals surface area contributed by atoms with Crippen molar-refractivity contribution >= 4 is 33.5 Å². The first-order valence-corrected chi connectivity index (χ1v) is 11.9. The lowest BCUT2D eigenvalue weighted by molar-refractivity contribution is -0.141. The molecule has 9 nitrogen and oxygen atoms in total. The highest BCUT2D eigenvalue weighted by atomic mass is 32.2. The summed E-state index contributed by atoms with van der Waals surface area (Å²) >= 11 is 0. The third-order valence-corrected chi connectivity index (χ3v) is 5.49. The molecule has 2 aromatic carbocycles.